The fraction of sp³-hybridized carbons (Fsp3) is 0.500. The average molecular weight is 235 g/mol. The van der Waals surface area contributed by atoms with Gasteiger partial charge in [0.2, 0.25) is 0 Å². The number of aryl methyl sites for hydroxylation is 1. The van der Waals surface area contributed by atoms with Crippen molar-refractivity contribution in [2.75, 3.05) is 13.2 Å². The number of carbonyl (C=O) groups is 1. The highest BCUT2D eigenvalue weighted by Crippen LogP contribution is 2.12. The molecule has 1 atom stereocenters. The van der Waals surface area contributed by atoms with Gasteiger partial charge in [-0.15, -0.1) is 0 Å². The predicted octanol–water partition coefficient (Wildman–Crippen LogP) is 2.60. The smallest absolute Gasteiger partial charge is 0.307 e. The summed E-state index contributed by atoms with van der Waals surface area (Å²) in [5.74, 6) is -0.142. The summed E-state index contributed by atoms with van der Waals surface area (Å²) in [6.07, 6.45) is 0.421. The van der Waals surface area contributed by atoms with Gasteiger partial charge in [0, 0.05) is 12.6 Å². The van der Waals surface area contributed by atoms with Crippen LogP contribution in [0.3, 0.4) is 0 Å². The standard InChI is InChI=1S/C14H21NO2/c1-4-17-14(16)9-10-15-12(3)13-7-5-11(2)6-8-13/h5-8,12,15H,4,9-10H2,1-3H3/t12-/m1/s1. The number of rotatable bonds is 6. The van der Waals surface area contributed by atoms with Gasteiger partial charge in [0.1, 0.15) is 0 Å². The summed E-state index contributed by atoms with van der Waals surface area (Å²) >= 11 is 0. The quantitative estimate of drug-likeness (QED) is 0.770. The van der Waals surface area contributed by atoms with E-state index < -0.39 is 0 Å². The van der Waals surface area contributed by atoms with Crippen LogP contribution < -0.4 is 5.32 Å². The Bertz CT molecular complexity index is 346. The van der Waals surface area contributed by atoms with E-state index in [2.05, 4.69) is 43.4 Å². The topological polar surface area (TPSA) is 38.3 Å². The normalized spacial score (nSPS) is 12.2. The Morgan fingerprint density at radius 1 is 1.35 bits per heavy atom. The van der Waals surface area contributed by atoms with E-state index in [1.807, 2.05) is 6.92 Å². The van der Waals surface area contributed by atoms with Crippen molar-refractivity contribution in [2.45, 2.75) is 33.2 Å². The Balaban J connectivity index is 2.32. The van der Waals surface area contributed by atoms with Gasteiger partial charge in [-0.3, -0.25) is 4.79 Å². The third kappa shape index (κ3) is 5.00. The zero-order valence-corrected chi connectivity index (χ0v) is 10.8. The minimum atomic E-state index is -0.142. The van der Waals surface area contributed by atoms with Gasteiger partial charge < -0.3 is 10.1 Å². The van der Waals surface area contributed by atoms with Gasteiger partial charge >= 0.3 is 5.97 Å². The van der Waals surface area contributed by atoms with Crippen LogP contribution in [0.15, 0.2) is 24.3 Å². The van der Waals surface area contributed by atoms with Crippen LogP contribution in [0.25, 0.3) is 0 Å². The Labute approximate surface area is 103 Å². The molecule has 0 spiro atoms. The number of hydrogen-bond donors (Lipinski definition) is 1. The number of hydrogen-bond acceptors (Lipinski definition) is 3. The van der Waals surface area contributed by atoms with Gasteiger partial charge in [-0.2, -0.15) is 0 Å². The molecule has 0 aliphatic heterocycles. The molecule has 0 bridgehead atoms. The Kier molecular flexibility index (Phi) is 5.70. The highest BCUT2D eigenvalue weighted by molar-refractivity contribution is 5.69. The number of ether oxygens (including phenoxy) is 1. The molecule has 0 aromatic heterocycles. The molecule has 1 aromatic rings. The van der Waals surface area contributed by atoms with Crippen molar-refractivity contribution in [3.63, 3.8) is 0 Å². The molecule has 3 heteroatoms. The summed E-state index contributed by atoms with van der Waals surface area (Å²) in [5.41, 5.74) is 2.49. The summed E-state index contributed by atoms with van der Waals surface area (Å²) in [7, 11) is 0. The molecular formula is C14H21NO2. The van der Waals surface area contributed by atoms with Crippen molar-refractivity contribution in [3.05, 3.63) is 35.4 Å². The summed E-state index contributed by atoms with van der Waals surface area (Å²) in [4.78, 5) is 11.1. The van der Waals surface area contributed by atoms with E-state index in [9.17, 15) is 4.79 Å². The van der Waals surface area contributed by atoms with Crippen LogP contribution in [0.5, 0.6) is 0 Å². The second-order valence-electron chi connectivity index (χ2n) is 4.14. The molecule has 1 N–H and O–H groups in total. The molecule has 0 saturated heterocycles. The first kappa shape index (κ1) is 13.7. The van der Waals surface area contributed by atoms with Gasteiger partial charge in [-0.25, -0.2) is 0 Å². The molecule has 17 heavy (non-hydrogen) atoms. The van der Waals surface area contributed by atoms with Crippen molar-refractivity contribution >= 4 is 5.97 Å². The van der Waals surface area contributed by atoms with Crippen LogP contribution in [0.1, 0.15) is 37.4 Å². The Morgan fingerprint density at radius 2 is 2.00 bits per heavy atom. The van der Waals surface area contributed by atoms with Crippen molar-refractivity contribution in [1.29, 1.82) is 0 Å². The molecule has 0 aliphatic carbocycles. The second-order valence-corrected chi connectivity index (χ2v) is 4.14. The summed E-state index contributed by atoms with van der Waals surface area (Å²) in [6, 6.07) is 8.66. The molecule has 0 fully saturated rings. The predicted molar refractivity (Wildman–Crippen MR) is 68.8 cm³/mol. The van der Waals surface area contributed by atoms with Crippen LogP contribution in [0.4, 0.5) is 0 Å². The van der Waals surface area contributed by atoms with E-state index in [0.29, 0.717) is 19.6 Å². The largest absolute Gasteiger partial charge is 0.466 e. The zero-order chi connectivity index (χ0) is 12.7. The van der Waals surface area contributed by atoms with Crippen molar-refractivity contribution in [3.8, 4) is 0 Å². The minimum Gasteiger partial charge on any atom is -0.466 e. The lowest BCUT2D eigenvalue weighted by molar-refractivity contribution is -0.143. The zero-order valence-electron chi connectivity index (χ0n) is 10.8. The van der Waals surface area contributed by atoms with Crippen LogP contribution in [0, 0.1) is 6.92 Å². The molecule has 0 saturated carbocycles. The SMILES string of the molecule is CCOC(=O)CCN[C@H](C)c1ccc(C)cc1. The maximum absolute atomic E-state index is 11.1. The molecule has 94 valence electrons. The maximum Gasteiger partial charge on any atom is 0.307 e. The van der Waals surface area contributed by atoms with Gasteiger partial charge in [0.15, 0.2) is 0 Å². The molecule has 1 aromatic carbocycles. The first-order valence-electron chi connectivity index (χ1n) is 6.09. The molecule has 0 heterocycles. The highest BCUT2D eigenvalue weighted by atomic mass is 16.5. The van der Waals surface area contributed by atoms with Crippen molar-refractivity contribution in [2.24, 2.45) is 0 Å². The lowest BCUT2D eigenvalue weighted by Crippen LogP contribution is -2.22. The molecule has 0 radical (unpaired) electrons. The second kappa shape index (κ2) is 7.07. The third-order valence-corrected chi connectivity index (χ3v) is 2.66. The fourth-order valence-corrected chi connectivity index (χ4v) is 1.60. The first-order valence-corrected chi connectivity index (χ1v) is 6.09. The van der Waals surface area contributed by atoms with Crippen molar-refractivity contribution in [1.82, 2.24) is 5.32 Å². The van der Waals surface area contributed by atoms with E-state index >= 15 is 0 Å². The number of benzene rings is 1. The van der Waals surface area contributed by atoms with Crippen LogP contribution in [-0.2, 0) is 9.53 Å². The number of esters is 1. The van der Waals surface area contributed by atoms with Crippen LogP contribution in [0.2, 0.25) is 0 Å². The lowest BCUT2D eigenvalue weighted by atomic mass is 10.1. The molecular weight excluding hydrogens is 214 g/mol. The van der Waals surface area contributed by atoms with Crippen LogP contribution >= 0.6 is 0 Å². The van der Waals surface area contributed by atoms with Gasteiger partial charge in [0.25, 0.3) is 0 Å². The van der Waals surface area contributed by atoms with Crippen molar-refractivity contribution < 1.29 is 9.53 Å². The van der Waals surface area contributed by atoms with E-state index in [0.717, 1.165) is 0 Å². The monoisotopic (exact) mass is 235 g/mol. The maximum atomic E-state index is 11.1. The highest BCUT2D eigenvalue weighted by Gasteiger charge is 2.06. The molecule has 0 aliphatic rings. The third-order valence-electron chi connectivity index (χ3n) is 2.66. The summed E-state index contributed by atoms with van der Waals surface area (Å²) in [6.45, 7) is 7.08. The van der Waals surface area contributed by atoms with E-state index in [1.54, 1.807) is 0 Å². The molecule has 0 amide bonds. The van der Waals surface area contributed by atoms with E-state index in [-0.39, 0.29) is 12.0 Å². The van der Waals surface area contributed by atoms with Gasteiger partial charge in [-0.1, -0.05) is 29.8 Å². The lowest BCUT2D eigenvalue weighted by Gasteiger charge is -2.14. The first-order chi connectivity index (χ1) is 8.13. The molecule has 0 unspecified atom stereocenters. The van der Waals surface area contributed by atoms with E-state index in [4.69, 9.17) is 4.74 Å². The Hall–Kier alpha value is -1.35. The fourth-order valence-electron chi connectivity index (χ4n) is 1.60. The van der Waals surface area contributed by atoms with Crippen LogP contribution in [-0.4, -0.2) is 19.1 Å². The van der Waals surface area contributed by atoms with Gasteiger partial charge in [0.05, 0.1) is 13.0 Å². The molecule has 3 nitrogen and oxygen atoms in total. The summed E-state index contributed by atoms with van der Waals surface area (Å²) in [5, 5.41) is 3.31. The Morgan fingerprint density at radius 3 is 2.59 bits per heavy atom. The minimum absolute atomic E-state index is 0.142. The molecule has 1 rings (SSSR count). The summed E-state index contributed by atoms with van der Waals surface area (Å²) < 4.78 is 4.87. The van der Waals surface area contributed by atoms with Gasteiger partial charge in [-0.05, 0) is 26.3 Å². The number of carbonyl (C=O) groups excluding carboxylic acids is 1. The van der Waals surface area contributed by atoms with E-state index in [1.165, 1.54) is 11.1 Å². The number of nitrogens with one attached hydrogen (secondary N) is 1. The average Bonchev–Trinajstić information content (AvgIpc) is 2.30.